The van der Waals surface area contributed by atoms with Gasteiger partial charge in [-0.1, -0.05) is 0 Å². The standard InChI is InChI=1S/C13H22N2O3/c1-13(2,18-3)6-7-15-10(16)8-14-12(17)11(15)9-4-5-9/h9,11H,4-8H2,1-3H3,(H,14,17). The molecule has 0 radical (unpaired) electrons. The molecule has 0 aromatic carbocycles. The van der Waals surface area contributed by atoms with Gasteiger partial charge in [0.25, 0.3) is 0 Å². The quantitative estimate of drug-likeness (QED) is 0.779. The molecule has 18 heavy (non-hydrogen) atoms. The predicted octanol–water partition coefficient (Wildman–Crippen LogP) is 0.539. The maximum atomic E-state index is 12.0. The van der Waals surface area contributed by atoms with Crippen molar-refractivity contribution in [2.24, 2.45) is 5.92 Å². The maximum absolute atomic E-state index is 12.0. The number of amides is 2. The summed E-state index contributed by atoms with van der Waals surface area (Å²) in [4.78, 5) is 25.6. The summed E-state index contributed by atoms with van der Waals surface area (Å²) >= 11 is 0. The fraction of sp³-hybridized carbons (Fsp3) is 0.846. The van der Waals surface area contributed by atoms with Gasteiger partial charge in [-0.25, -0.2) is 0 Å². The van der Waals surface area contributed by atoms with Crippen LogP contribution in [0.5, 0.6) is 0 Å². The molecule has 1 atom stereocenters. The lowest BCUT2D eigenvalue weighted by Gasteiger charge is -2.37. The molecule has 2 aliphatic rings. The lowest BCUT2D eigenvalue weighted by molar-refractivity contribution is -0.147. The van der Waals surface area contributed by atoms with Crippen molar-refractivity contribution in [1.82, 2.24) is 10.2 Å². The second-order valence-corrected chi connectivity index (χ2v) is 5.80. The Balaban J connectivity index is 2.02. The Bertz CT molecular complexity index is 350. The third-order valence-corrected chi connectivity index (χ3v) is 3.91. The Morgan fingerprint density at radius 2 is 2.06 bits per heavy atom. The Hall–Kier alpha value is -1.10. The molecular formula is C13H22N2O3. The van der Waals surface area contributed by atoms with E-state index >= 15 is 0 Å². The zero-order valence-corrected chi connectivity index (χ0v) is 11.4. The van der Waals surface area contributed by atoms with Crippen LogP contribution in [-0.4, -0.2) is 48.6 Å². The molecule has 2 fully saturated rings. The first-order valence-electron chi connectivity index (χ1n) is 6.57. The normalized spacial score (nSPS) is 25.3. The van der Waals surface area contributed by atoms with Crippen molar-refractivity contribution >= 4 is 11.8 Å². The zero-order chi connectivity index (χ0) is 13.3. The highest BCUT2D eigenvalue weighted by atomic mass is 16.5. The molecule has 1 saturated carbocycles. The minimum absolute atomic E-state index is 0.00678. The van der Waals surface area contributed by atoms with E-state index in [9.17, 15) is 9.59 Å². The van der Waals surface area contributed by atoms with Crippen molar-refractivity contribution in [3.05, 3.63) is 0 Å². The SMILES string of the molecule is COC(C)(C)CCN1C(=O)CNC(=O)C1C1CC1. The number of hydrogen-bond donors (Lipinski definition) is 1. The lowest BCUT2D eigenvalue weighted by atomic mass is 10.0. The third-order valence-electron chi connectivity index (χ3n) is 3.91. The number of methoxy groups -OCH3 is 1. The first-order valence-corrected chi connectivity index (χ1v) is 6.57. The van der Waals surface area contributed by atoms with Crippen LogP contribution in [0.2, 0.25) is 0 Å². The number of hydrogen-bond acceptors (Lipinski definition) is 3. The van der Waals surface area contributed by atoms with Gasteiger partial charge in [-0.05, 0) is 39.0 Å². The minimum atomic E-state index is -0.262. The van der Waals surface area contributed by atoms with E-state index < -0.39 is 0 Å². The number of nitrogens with one attached hydrogen (secondary N) is 1. The Kier molecular flexibility index (Phi) is 3.61. The summed E-state index contributed by atoms with van der Waals surface area (Å²) in [7, 11) is 1.67. The third kappa shape index (κ3) is 2.83. The summed E-state index contributed by atoms with van der Waals surface area (Å²) in [6.07, 6.45) is 2.84. The maximum Gasteiger partial charge on any atom is 0.243 e. The molecule has 0 spiro atoms. The van der Waals surface area contributed by atoms with Crippen LogP contribution in [0.4, 0.5) is 0 Å². The van der Waals surface area contributed by atoms with E-state index in [-0.39, 0.29) is 30.0 Å². The molecule has 2 rings (SSSR count). The van der Waals surface area contributed by atoms with E-state index in [4.69, 9.17) is 4.74 Å². The van der Waals surface area contributed by atoms with Crippen LogP contribution in [0.1, 0.15) is 33.1 Å². The first kappa shape index (κ1) is 13.3. The predicted molar refractivity (Wildman–Crippen MR) is 66.9 cm³/mol. The number of carbonyl (C=O) groups is 2. The van der Waals surface area contributed by atoms with E-state index in [0.29, 0.717) is 12.5 Å². The van der Waals surface area contributed by atoms with Gasteiger partial charge < -0.3 is 15.0 Å². The van der Waals surface area contributed by atoms with E-state index in [1.165, 1.54) is 0 Å². The molecule has 2 amide bonds. The van der Waals surface area contributed by atoms with Gasteiger partial charge in [0.15, 0.2) is 0 Å². The van der Waals surface area contributed by atoms with Gasteiger partial charge >= 0.3 is 0 Å². The van der Waals surface area contributed by atoms with E-state index in [1.807, 2.05) is 13.8 Å². The van der Waals surface area contributed by atoms with E-state index in [2.05, 4.69) is 5.32 Å². The van der Waals surface area contributed by atoms with Crippen molar-refractivity contribution in [2.75, 3.05) is 20.2 Å². The van der Waals surface area contributed by atoms with Gasteiger partial charge in [0.2, 0.25) is 11.8 Å². The van der Waals surface area contributed by atoms with Crippen LogP contribution in [-0.2, 0) is 14.3 Å². The van der Waals surface area contributed by atoms with Gasteiger partial charge in [-0.2, -0.15) is 0 Å². The second-order valence-electron chi connectivity index (χ2n) is 5.80. The molecule has 0 bridgehead atoms. The van der Waals surface area contributed by atoms with Crippen LogP contribution in [0.3, 0.4) is 0 Å². The first-order chi connectivity index (χ1) is 8.44. The van der Waals surface area contributed by atoms with E-state index in [0.717, 1.165) is 19.3 Å². The average Bonchev–Trinajstić information content (AvgIpc) is 3.14. The van der Waals surface area contributed by atoms with E-state index in [1.54, 1.807) is 12.0 Å². The number of piperazine rings is 1. The van der Waals surface area contributed by atoms with Crippen LogP contribution in [0, 0.1) is 5.92 Å². The molecule has 0 aromatic heterocycles. The fourth-order valence-electron chi connectivity index (χ4n) is 2.30. The van der Waals surface area contributed by atoms with Gasteiger partial charge in [0.05, 0.1) is 12.1 Å². The largest absolute Gasteiger partial charge is 0.379 e. The highest BCUT2D eigenvalue weighted by molar-refractivity contribution is 5.95. The van der Waals surface area contributed by atoms with Crippen molar-refractivity contribution in [3.63, 3.8) is 0 Å². The summed E-state index contributed by atoms with van der Waals surface area (Å²) < 4.78 is 5.36. The summed E-state index contributed by atoms with van der Waals surface area (Å²) in [5.41, 5.74) is -0.262. The Labute approximate surface area is 108 Å². The van der Waals surface area contributed by atoms with Crippen molar-refractivity contribution < 1.29 is 14.3 Å². The van der Waals surface area contributed by atoms with Gasteiger partial charge in [0, 0.05) is 13.7 Å². The molecule has 5 nitrogen and oxygen atoms in total. The van der Waals surface area contributed by atoms with Crippen LogP contribution in [0.15, 0.2) is 0 Å². The fourth-order valence-corrected chi connectivity index (χ4v) is 2.30. The van der Waals surface area contributed by atoms with Crippen molar-refractivity contribution in [1.29, 1.82) is 0 Å². The summed E-state index contributed by atoms with van der Waals surface area (Å²) in [5, 5.41) is 2.68. The van der Waals surface area contributed by atoms with Crippen LogP contribution >= 0.6 is 0 Å². The molecule has 1 heterocycles. The minimum Gasteiger partial charge on any atom is -0.379 e. The number of ether oxygens (including phenoxy) is 1. The summed E-state index contributed by atoms with van der Waals surface area (Å²) in [5.74, 6) is 0.394. The van der Waals surface area contributed by atoms with Gasteiger partial charge in [0.1, 0.15) is 6.04 Å². The smallest absolute Gasteiger partial charge is 0.243 e. The van der Waals surface area contributed by atoms with Crippen molar-refractivity contribution in [3.8, 4) is 0 Å². The molecule has 1 N–H and O–H groups in total. The Morgan fingerprint density at radius 3 is 2.61 bits per heavy atom. The van der Waals surface area contributed by atoms with Crippen LogP contribution < -0.4 is 5.32 Å². The topological polar surface area (TPSA) is 58.6 Å². The molecular weight excluding hydrogens is 232 g/mol. The van der Waals surface area contributed by atoms with Gasteiger partial charge in [-0.3, -0.25) is 9.59 Å². The average molecular weight is 254 g/mol. The highest BCUT2D eigenvalue weighted by Gasteiger charge is 2.44. The number of rotatable bonds is 5. The lowest BCUT2D eigenvalue weighted by Crippen LogP contribution is -2.59. The molecule has 1 aliphatic heterocycles. The van der Waals surface area contributed by atoms with Crippen LogP contribution in [0.25, 0.3) is 0 Å². The monoisotopic (exact) mass is 254 g/mol. The molecule has 0 aromatic rings. The molecule has 5 heteroatoms. The molecule has 102 valence electrons. The summed E-state index contributed by atoms with van der Waals surface area (Å²) in [6, 6.07) is -0.251. The zero-order valence-electron chi connectivity index (χ0n) is 11.4. The number of nitrogens with zero attached hydrogens (tertiary/aromatic N) is 1. The van der Waals surface area contributed by atoms with Crippen molar-refractivity contribution in [2.45, 2.75) is 44.8 Å². The number of carbonyl (C=O) groups excluding carboxylic acids is 2. The molecule has 1 unspecified atom stereocenters. The molecule has 1 saturated heterocycles. The second kappa shape index (κ2) is 4.88. The highest BCUT2D eigenvalue weighted by Crippen LogP contribution is 2.36. The summed E-state index contributed by atoms with van der Waals surface area (Å²) in [6.45, 7) is 4.71. The van der Waals surface area contributed by atoms with Gasteiger partial charge in [-0.15, -0.1) is 0 Å². The molecule has 1 aliphatic carbocycles. The Morgan fingerprint density at radius 1 is 1.39 bits per heavy atom.